The van der Waals surface area contributed by atoms with Crippen LogP contribution in [-0.2, 0) is 11.3 Å². The predicted octanol–water partition coefficient (Wildman–Crippen LogP) is 1.56. The van der Waals surface area contributed by atoms with Crippen LogP contribution in [0.1, 0.15) is 18.5 Å². The lowest BCUT2D eigenvalue weighted by atomic mass is 9.94. The third kappa shape index (κ3) is 2.45. The number of piperidine rings is 1. The van der Waals surface area contributed by atoms with Crippen LogP contribution in [-0.4, -0.2) is 44.9 Å². The van der Waals surface area contributed by atoms with Gasteiger partial charge in [0.1, 0.15) is 0 Å². The van der Waals surface area contributed by atoms with Crippen molar-refractivity contribution in [2.45, 2.75) is 25.4 Å². The van der Waals surface area contributed by atoms with Crippen LogP contribution in [0.15, 0.2) is 29.4 Å². The molecule has 2 atom stereocenters. The van der Waals surface area contributed by atoms with Gasteiger partial charge in [0.05, 0.1) is 23.7 Å². The molecule has 2 aromatic heterocycles. The van der Waals surface area contributed by atoms with E-state index in [0.717, 1.165) is 31.0 Å². The van der Waals surface area contributed by atoms with Crippen molar-refractivity contribution in [3.63, 3.8) is 0 Å². The molecule has 0 aliphatic carbocycles. The third-order valence-corrected chi connectivity index (χ3v) is 5.08. The number of anilines is 1. The van der Waals surface area contributed by atoms with Crippen molar-refractivity contribution in [2.75, 3.05) is 18.0 Å². The van der Waals surface area contributed by atoms with Crippen molar-refractivity contribution in [2.24, 2.45) is 5.92 Å². The minimum absolute atomic E-state index is 0.0428. The Morgan fingerprint density at radius 3 is 2.82 bits per heavy atom. The normalized spacial score (nSPS) is 24.6. The van der Waals surface area contributed by atoms with Crippen LogP contribution in [0.5, 0.6) is 0 Å². The standard InChI is InChI=1S/C15H17N5OS/c21-14-11-2-3-13(20(14)7-12-9-22-10-18-12)8-19(6-11)15-16-4-1-5-17-15/h1,4-5,9-11,13H,2-3,6-8H2/t11-,13+/m0/s1. The molecule has 2 bridgehead atoms. The molecule has 1 amide bonds. The summed E-state index contributed by atoms with van der Waals surface area (Å²) in [6.07, 6.45) is 5.51. The van der Waals surface area contributed by atoms with Gasteiger partial charge in [-0.3, -0.25) is 4.79 Å². The van der Waals surface area contributed by atoms with Crippen LogP contribution in [0.2, 0.25) is 0 Å². The van der Waals surface area contributed by atoms with Gasteiger partial charge in [0, 0.05) is 36.9 Å². The number of nitrogens with zero attached hydrogens (tertiary/aromatic N) is 5. The number of carbonyl (C=O) groups is 1. The molecule has 114 valence electrons. The quantitative estimate of drug-likeness (QED) is 0.860. The molecular formula is C15H17N5OS. The SMILES string of the molecule is O=C1[C@H]2CC[C@H](CN(c3ncccn3)C2)N1Cc1cscn1. The van der Waals surface area contributed by atoms with Crippen LogP contribution in [0.3, 0.4) is 0 Å². The highest BCUT2D eigenvalue weighted by molar-refractivity contribution is 7.07. The van der Waals surface area contributed by atoms with E-state index in [4.69, 9.17) is 0 Å². The Hall–Kier alpha value is -2.02. The summed E-state index contributed by atoms with van der Waals surface area (Å²) in [4.78, 5) is 29.9. The van der Waals surface area contributed by atoms with E-state index in [9.17, 15) is 4.79 Å². The van der Waals surface area contributed by atoms with Crippen LogP contribution in [0.4, 0.5) is 5.95 Å². The Morgan fingerprint density at radius 2 is 2.05 bits per heavy atom. The topological polar surface area (TPSA) is 62.2 Å². The van der Waals surface area contributed by atoms with Crippen molar-refractivity contribution in [1.82, 2.24) is 19.9 Å². The first-order valence-electron chi connectivity index (χ1n) is 7.51. The zero-order valence-electron chi connectivity index (χ0n) is 12.1. The molecule has 22 heavy (non-hydrogen) atoms. The van der Waals surface area contributed by atoms with Gasteiger partial charge in [0.25, 0.3) is 0 Å². The van der Waals surface area contributed by atoms with E-state index in [2.05, 4.69) is 19.9 Å². The summed E-state index contributed by atoms with van der Waals surface area (Å²) in [7, 11) is 0. The lowest BCUT2D eigenvalue weighted by Crippen LogP contribution is -2.47. The Bertz CT molecular complexity index is 647. The summed E-state index contributed by atoms with van der Waals surface area (Å²) in [5.41, 5.74) is 2.80. The molecule has 0 N–H and O–H groups in total. The zero-order chi connectivity index (χ0) is 14.9. The molecule has 3 saturated heterocycles. The number of hydrogen-bond acceptors (Lipinski definition) is 6. The molecule has 3 aliphatic rings. The molecule has 5 rings (SSSR count). The highest BCUT2D eigenvalue weighted by Gasteiger charge is 2.41. The van der Waals surface area contributed by atoms with Crippen LogP contribution in [0, 0.1) is 5.92 Å². The molecular weight excluding hydrogens is 298 g/mol. The van der Waals surface area contributed by atoms with Crippen molar-refractivity contribution in [3.8, 4) is 0 Å². The van der Waals surface area contributed by atoms with E-state index in [0.29, 0.717) is 13.1 Å². The molecule has 0 spiro atoms. The first-order chi connectivity index (χ1) is 10.8. The molecule has 5 heterocycles. The third-order valence-electron chi connectivity index (χ3n) is 4.44. The molecule has 0 unspecified atom stereocenters. The highest BCUT2D eigenvalue weighted by Crippen LogP contribution is 2.31. The van der Waals surface area contributed by atoms with E-state index in [1.54, 1.807) is 23.7 Å². The van der Waals surface area contributed by atoms with Crippen molar-refractivity contribution < 1.29 is 4.79 Å². The fourth-order valence-corrected chi connectivity index (χ4v) is 3.91. The summed E-state index contributed by atoms with van der Waals surface area (Å²) in [6.45, 7) is 2.14. The van der Waals surface area contributed by atoms with Gasteiger partial charge < -0.3 is 9.80 Å². The molecule has 3 aliphatic heterocycles. The molecule has 0 saturated carbocycles. The van der Waals surface area contributed by atoms with E-state index >= 15 is 0 Å². The average molecular weight is 315 g/mol. The Labute approximate surface area is 132 Å². The lowest BCUT2D eigenvalue weighted by Gasteiger charge is -2.35. The highest BCUT2D eigenvalue weighted by atomic mass is 32.1. The van der Waals surface area contributed by atoms with Crippen molar-refractivity contribution >= 4 is 23.2 Å². The van der Waals surface area contributed by atoms with Gasteiger partial charge in [-0.15, -0.1) is 11.3 Å². The first kappa shape index (κ1) is 13.6. The minimum atomic E-state index is 0.0428. The van der Waals surface area contributed by atoms with E-state index < -0.39 is 0 Å². The number of carbonyl (C=O) groups excluding carboxylic acids is 1. The molecule has 3 fully saturated rings. The Morgan fingerprint density at radius 1 is 1.18 bits per heavy atom. The van der Waals surface area contributed by atoms with Gasteiger partial charge >= 0.3 is 0 Å². The van der Waals surface area contributed by atoms with Crippen molar-refractivity contribution in [3.05, 3.63) is 35.0 Å². The minimum Gasteiger partial charge on any atom is -0.338 e. The number of thiazole rings is 1. The second-order valence-electron chi connectivity index (χ2n) is 5.83. The molecule has 7 heteroatoms. The fourth-order valence-electron chi connectivity index (χ4n) is 3.36. The van der Waals surface area contributed by atoms with Gasteiger partial charge in [-0.2, -0.15) is 0 Å². The smallest absolute Gasteiger partial charge is 0.228 e. The summed E-state index contributed by atoms with van der Waals surface area (Å²) in [5.74, 6) is 1.02. The maximum Gasteiger partial charge on any atom is 0.228 e. The summed E-state index contributed by atoms with van der Waals surface area (Å²) >= 11 is 1.57. The number of amides is 1. The molecule has 2 aromatic rings. The van der Waals surface area contributed by atoms with Gasteiger partial charge in [-0.05, 0) is 18.9 Å². The van der Waals surface area contributed by atoms with E-state index in [1.165, 1.54) is 0 Å². The van der Waals surface area contributed by atoms with Crippen molar-refractivity contribution in [1.29, 1.82) is 0 Å². The lowest BCUT2D eigenvalue weighted by molar-refractivity contribution is -0.140. The molecule has 0 radical (unpaired) electrons. The second kappa shape index (κ2) is 5.64. The molecule has 0 aromatic carbocycles. The summed E-state index contributed by atoms with van der Waals surface area (Å²) < 4.78 is 0. The maximum atomic E-state index is 12.7. The predicted molar refractivity (Wildman–Crippen MR) is 83.4 cm³/mol. The van der Waals surface area contributed by atoms with Gasteiger partial charge in [0.2, 0.25) is 11.9 Å². The van der Waals surface area contributed by atoms with E-state index in [1.807, 2.05) is 21.9 Å². The Kier molecular flexibility index (Phi) is 3.49. The van der Waals surface area contributed by atoms with Crippen LogP contribution >= 0.6 is 11.3 Å². The largest absolute Gasteiger partial charge is 0.338 e. The zero-order valence-corrected chi connectivity index (χ0v) is 12.9. The van der Waals surface area contributed by atoms with Gasteiger partial charge in [-0.1, -0.05) is 0 Å². The van der Waals surface area contributed by atoms with Crippen LogP contribution < -0.4 is 4.90 Å². The summed E-state index contributed by atoms with van der Waals surface area (Å²) in [5, 5.41) is 2.02. The van der Waals surface area contributed by atoms with Gasteiger partial charge in [-0.25, -0.2) is 15.0 Å². The number of aromatic nitrogens is 3. The van der Waals surface area contributed by atoms with Crippen LogP contribution in [0.25, 0.3) is 0 Å². The number of fused-ring (bicyclic) bond motifs is 4. The number of rotatable bonds is 3. The second-order valence-corrected chi connectivity index (χ2v) is 6.55. The Balaban J connectivity index is 1.59. The monoisotopic (exact) mass is 315 g/mol. The van der Waals surface area contributed by atoms with E-state index in [-0.39, 0.29) is 17.9 Å². The summed E-state index contributed by atoms with van der Waals surface area (Å²) in [6, 6.07) is 2.03. The first-order valence-corrected chi connectivity index (χ1v) is 8.45. The average Bonchev–Trinajstić information content (AvgIpc) is 2.92. The maximum absolute atomic E-state index is 12.7. The van der Waals surface area contributed by atoms with Gasteiger partial charge in [0.15, 0.2) is 0 Å². The fraction of sp³-hybridized carbons (Fsp3) is 0.467. The molecule has 6 nitrogen and oxygen atoms in total. The number of hydrogen-bond donors (Lipinski definition) is 0.